The highest BCUT2D eigenvalue weighted by molar-refractivity contribution is 7.15. The number of thiazole rings is 1. The fourth-order valence-corrected chi connectivity index (χ4v) is 3.14. The van der Waals surface area contributed by atoms with Crippen LogP contribution in [0.15, 0.2) is 18.2 Å². The van der Waals surface area contributed by atoms with Gasteiger partial charge in [-0.3, -0.25) is 0 Å². The maximum absolute atomic E-state index is 8.81. The second kappa shape index (κ2) is 4.75. The average molecular weight is 256 g/mol. The van der Waals surface area contributed by atoms with Gasteiger partial charge in [-0.05, 0) is 37.8 Å². The highest BCUT2D eigenvalue weighted by Crippen LogP contribution is 2.30. The highest BCUT2D eigenvalue weighted by Gasteiger charge is 2.15. The summed E-state index contributed by atoms with van der Waals surface area (Å²) in [6, 6.07) is 7.40. The molecule has 1 aliphatic rings. The SMILES string of the molecule is N#Cc1cccc(Nc2nc3c(s2)CCCC3)n1. The molecule has 0 amide bonds. The first-order chi connectivity index (χ1) is 8.85. The van der Waals surface area contributed by atoms with Crippen LogP contribution >= 0.6 is 11.3 Å². The standard InChI is InChI=1S/C13H12N4S/c14-8-9-4-3-7-12(15-9)17-13-16-10-5-1-2-6-11(10)18-13/h3-4,7H,1-2,5-6H2,(H,15,16,17). The number of nitrogens with zero attached hydrogens (tertiary/aromatic N) is 3. The number of anilines is 2. The largest absolute Gasteiger partial charge is 0.316 e. The molecular weight excluding hydrogens is 244 g/mol. The molecule has 0 bridgehead atoms. The summed E-state index contributed by atoms with van der Waals surface area (Å²) in [5.41, 5.74) is 1.64. The van der Waals surface area contributed by atoms with E-state index in [9.17, 15) is 0 Å². The van der Waals surface area contributed by atoms with Gasteiger partial charge in [0.05, 0.1) is 5.69 Å². The minimum atomic E-state index is 0.418. The van der Waals surface area contributed by atoms with Gasteiger partial charge in [0.25, 0.3) is 0 Å². The van der Waals surface area contributed by atoms with Crippen molar-refractivity contribution in [1.82, 2.24) is 9.97 Å². The third-order valence-electron chi connectivity index (χ3n) is 2.94. The van der Waals surface area contributed by atoms with Crippen LogP contribution in [0, 0.1) is 11.3 Å². The molecule has 90 valence electrons. The molecule has 0 unspecified atom stereocenters. The Morgan fingerprint density at radius 3 is 2.94 bits per heavy atom. The first-order valence-corrected chi connectivity index (χ1v) is 6.79. The number of hydrogen-bond acceptors (Lipinski definition) is 5. The molecule has 1 aliphatic carbocycles. The third-order valence-corrected chi connectivity index (χ3v) is 4.02. The Morgan fingerprint density at radius 2 is 2.11 bits per heavy atom. The lowest BCUT2D eigenvalue weighted by Crippen LogP contribution is -1.99. The van der Waals surface area contributed by atoms with Gasteiger partial charge in [0, 0.05) is 4.88 Å². The second-order valence-corrected chi connectivity index (χ2v) is 5.32. The van der Waals surface area contributed by atoms with Crippen molar-refractivity contribution < 1.29 is 0 Å². The quantitative estimate of drug-likeness (QED) is 0.897. The molecule has 0 fully saturated rings. The van der Waals surface area contributed by atoms with Crippen molar-refractivity contribution >= 4 is 22.3 Å². The summed E-state index contributed by atoms with van der Waals surface area (Å²) in [6.45, 7) is 0. The zero-order valence-electron chi connectivity index (χ0n) is 9.81. The molecule has 0 saturated heterocycles. The number of hydrogen-bond donors (Lipinski definition) is 1. The monoisotopic (exact) mass is 256 g/mol. The Balaban J connectivity index is 1.83. The summed E-state index contributed by atoms with van der Waals surface area (Å²) in [7, 11) is 0. The third kappa shape index (κ3) is 2.20. The van der Waals surface area contributed by atoms with Crippen LogP contribution in [-0.2, 0) is 12.8 Å². The Labute approximate surface area is 109 Å². The van der Waals surface area contributed by atoms with Crippen LogP contribution in [0.5, 0.6) is 0 Å². The number of nitrogens with one attached hydrogen (secondary N) is 1. The van der Waals surface area contributed by atoms with E-state index in [0.717, 1.165) is 18.0 Å². The molecule has 2 aromatic heterocycles. The van der Waals surface area contributed by atoms with Gasteiger partial charge in [0.15, 0.2) is 5.13 Å². The summed E-state index contributed by atoms with van der Waals surface area (Å²) in [6.07, 6.45) is 4.72. The average Bonchev–Trinajstić information content (AvgIpc) is 2.81. The summed E-state index contributed by atoms with van der Waals surface area (Å²) in [4.78, 5) is 10.2. The predicted molar refractivity (Wildman–Crippen MR) is 71.0 cm³/mol. The molecule has 1 N–H and O–H groups in total. The molecular formula is C13H12N4S. The topological polar surface area (TPSA) is 61.6 Å². The lowest BCUT2D eigenvalue weighted by Gasteiger charge is -2.06. The minimum absolute atomic E-state index is 0.418. The van der Waals surface area contributed by atoms with E-state index < -0.39 is 0 Å². The zero-order valence-corrected chi connectivity index (χ0v) is 10.6. The molecule has 0 spiro atoms. The molecule has 3 rings (SSSR count). The van der Waals surface area contributed by atoms with E-state index in [0.29, 0.717) is 11.5 Å². The molecule has 0 saturated carbocycles. The number of rotatable bonds is 2. The van der Waals surface area contributed by atoms with E-state index in [4.69, 9.17) is 5.26 Å². The number of pyridine rings is 1. The molecule has 4 nitrogen and oxygen atoms in total. The van der Waals surface area contributed by atoms with Gasteiger partial charge < -0.3 is 5.32 Å². The fourth-order valence-electron chi connectivity index (χ4n) is 2.08. The van der Waals surface area contributed by atoms with Crippen molar-refractivity contribution in [2.45, 2.75) is 25.7 Å². The van der Waals surface area contributed by atoms with Crippen molar-refractivity contribution in [3.05, 3.63) is 34.5 Å². The number of fused-ring (bicyclic) bond motifs is 1. The van der Waals surface area contributed by atoms with Gasteiger partial charge in [0.1, 0.15) is 17.6 Å². The predicted octanol–water partition coefficient (Wildman–Crippen LogP) is 3.03. The normalized spacial score (nSPS) is 13.7. The fraction of sp³-hybridized carbons (Fsp3) is 0.308. The summed E-state index contributed by atoms with van der Waals surface area (Å²) >= 11 is 1.70. The van der Waals surface area contributed by atoms with Crippen LogP contribution in [-0.4, -0.2) is 9.97 Å². The second-order valence-electron chi connectivity index (χ2n) is 4.24. The Bertz CT molecular complexity index is 588. The molecule has 18 heavy (non-hydrogen) atoms. The molecule has 0 aliphatic heterocycles. The van der Waals surface area contributed by atoms with Crippen molar-refractivity contribution in [2.75, 3.05) is 5.32 Å². The summed E-state index contributed by atoms with van der Waals surface area (Å²) < 4.78 is 0. The number of nitriles is 1. The van der Waals surface area contributed by atoms with Crippen LogP contribution < -0.4 is 5.32 Å². The van der Waals surface area contributed by atoms with Crippen LogP contribution in [0.25, 0.3) is 0 Å². The van der Waals surface area contributed by atoms with Crippen molar-refractivity contribution in [3.63, 3.8) is 0 Å². The van der Waals surface area contributed by atoms with Gasteiger partial charge in [-0.15, -0.1) is 11.3 Å². The smallest absolute Gasteiger partial charge is 0.188 e. The number of aromatic nitrogens is 2. The van der Waals surface area contributed by atoms with Crippen LogP contribution in [0.3, 0.4) is 0 Å². The van der Waals surface area contributed by atoms with E-state index in [1.807, 2.05) is 18.2 Å². The van der Waals surface area contributed by atoms with Crippen LogP contribution in [0.1, 0.15) is 29.1 Å². The van der Waals surface area contributed by atoms with E-state index in [1.165, 1.54) is 23.4 Å². The van der Waals surface area contributed by atoms with Gasteiger partial charge in [-0.25, -0.2) is 9.97 Å². The minimum Gasteiger partial charge on any atom is -0.316 e. The van der Waals surface area contributed by atoms with Crippen molar-refractivity contribution in [1.29, 1.82) is 5.26 Å². The zero-order chi connectivity index (χ0) is 12.4. The Morgan fingerprint density at radius 1 is 1.22 bits per heavy atom. The van der Waals surface area contributed by atoms with Crippen molar-refractivity contribution in [3.8, 4) is 6.07 Å². The maximum Gasteiger partial charge on any atom is 0.188 e. The molecule has 0 atom stereocenters. The van der Waals surface area contributed by atoms with E-state index >= 15 is 0 Å². The lowest BCUT2D eigenvalue weighted by atomic mass is 10.0. The number of aryl methyl sites for hydroxylation is 2. The van der Waals surface area contributed by atoms with Gasteiger partial charge in [0.2, 0.25) is 0 Å². The summed E-state index contributed by atoms with van der Waals surface area (Å²) in [5.74, 6) is 0.681. The van der Waals surface area contributed by atoms with Gasteiger partial charge >= 0.3 is 0 Å². The molecule has 5 heteroatoms. The van der Waals surface area contributed by atoms with Crippen LogP contribution in [0.4, 0.5) is 10.9 Å². The first-order valence-electron chi connectivity index (χ1n) is 5.98. The molecule has 0 radical (unpaired) electrons. The summed E-state index contributed by atoms with van der Waals surface area (Å²) in [5, 5.41) is 12.9. The maximum atomic E-state index is 8.81. The van der Waals surface area contributed by atoms with Gasteiger partial charge in [-0.2, -0.15) is 5.26 Å². The first kappa shape index (κ1) is 11.2. The van der Waals surface area contributed by atoms with E-state index in [1.54, 1.807) is 17.4 Å². The Kier molecular flexibility index (Phi) is 2.95. The highest BCUT2D eigenvalue weighted by atomic mass is 32.1. The van der Waals surface area contributed by atoms with Gasteiger partial charge in [-0.1, -0.05) is 6.07 Å². The molecule has 2 aromatic rings. The molecule has 0 aromatic carbocycles. The van der Waals surface area contributed by atoms with E-state index in [2.05, 4.69) is 15.3 Å². The Hall–Kier alpha value is -1.93. The molecule has 2 heterocycles. The lowest BCUT2D eigenvalue weighted by molar-refractivity contribution is 0.683. The van der Waals surface area contributed by atoms with E-state index in [-0.39, 0.29) is 0 Å². The van der Waals surface area contributed by atoms with Crippen molar-refractivity contribution in [2.24, 2.45) is 0 Å². The van der Waals surface area contributed by atoms with Crippen LogP contribution in [0.2, 0.25) is 0 Å².